The molecule has 1 saturated carbocycles. The smallest absolute Gasteiger partial charge is 0.0341 e. The lowest BCUT2D eigenvalue weighted by molar-refractivity contribution is 0.597. The van der Waals surface area contributed by atoms with Crippen LogP contribution in [0.5, 0.6) is 0 Å². The van der Waals surface area contributed by atoms with Crippen molar-refractivity contribution in [2.45, 2.75) is 43.4 Å². The maximum atomic E-state index is 6.24. The third kappa shape index (κ3) is 2.47. The second-order valence-corrected chi connectivity index (χ2v) is 5.27. The number of halogens is 1. The lowest BCUT2D eigenvalue weighted by Crippen LogP contribution is -2.02. The Hall–Kier alpha value is -0.0100. The van der Waals surface area contributed by atoms with Crippen LogP contribution >= 0.6 is 22.9 Å². The summed E-state index contributed by atoms with van der Waals surface area (Å²) in [6.07, 6.45) is 6.39. The average molecular weight is 215 g/mol. The molecular formula is C11H15ClS. The minimum Gasteiger partial charge on any atom is -0.152 e. The third-order valence-electron chi connectivity index (χ3n) is 2.87. The molecule has 0 radical (unpaired) electrons. The summed E-state index contributed by atoms with van der Waals surface area (Å²) in [6, 6.07) is 2.25. The first kappa shape index (κ1) is 9.54. The van der Waals surface area contributed by atoms with Gasteiger partial charge in [-0.1, -0.05) is 12.8 Å². The van der Waals surface area contributed by atoms with Crippen LogP contribution in [0.15, 0.2) is 16.8 Å². The molecule has 13 heavy (non-hydrogen) atoms. The van der Waals surface area contributed by atoms with E-state index in [9.17, 15) is 0 Å². The Morgan fingerprint density at radius 3 is 2.92 bits per heavy atom. The summed E-state index contributed by atoms with van der Waals surface area (Å²) in [4.78, 5) is 0. The highest BCUT2D eigenvalue weighted by Crippen LogP contribution is 2.34. The van der Waals surface area contributed by atoms with Crippen molar-refractivity contribution >= 4 is 22.9 Å². The molecule has 0 saturated heterocycles. The number of alkyl halides is 1. The molecule has 0 aromatic carbocycles. The van der Waals surface area contributed by atoms with Gasteiger partial charge in [-0.05, 0) is 47.6 Å². The summed E-state index contributed by atoms with van der Waals surface area (Å²) in [5.74, 6) is 0.733. The average Bonchev–Trinajstić information content (AvgIpc) is 2.56. The van der Waals surface area contributed by atoms with E-state index in [4.69, 9.17) is 11.6 Å². The second kappa shape index (κ2) is 4.47. The molecule has 1 aliphatic rings. The van der Waals surface area contributed by atoms with E-state index in [2.05, 4.69) is 16.8 Å². The van der Waals surface area contributed by atoms with E-state index in [1.54, 1.807) is 11.3 Å². The van der Waals surface area contributed by atoms with Gasteiger partial charge in [0.2, 0.25) is 0 Å². The van der Waals surface area contributed by atoms with Crippen LogP contribution in [-0.2, 0) is 0 Å². The zero-order valence-electron chi connectivity index (χ0n) is 7.71. The van der Waals surface area contributed by atoms with Crippen LogP contribution in [0.3, 0.4) is 0 Å². The molecule has 1 aliphatic carbocycles. The summed E-state index contributed by atoms with van der Waals surface area (Å²) >= 11 is 8.03. The Bertz CT molecular complexity index is 243. The Morgan fingerprint density at radius 2 is 2.15 bits per heavy atom. The highest BCUT2D eigenvalue weighted by molar-refractivity contribution is 7.07. The lowest BCUT2D eigenvalue weighted by atomic mass is 9.94. The number of rotatable bonds is 1. The maximum absolute atomic E-state index is 6.24. The van der Waals surface area contributed by atoms with Crippen molar-refractivity contribution in [1.29, 1.82) is 0 Å². The zero-order valence-corrected chi connectivity index (χ0v) is 9.28. The van der Waals surface area contributed by atoms with Gasteiger partial charge in [-0.3, -0.25) is 0 Å². The van der Waals surface area contributed by atoms with Crippen molar-refractivity contribution in [2.75, 3.05) is 0 Å². The molecule has 0 spiro atoms. The molecule has 2 heteroatoms. The summed E-state index contributed by atoms with van der Waals surface area (Å²) < 4.78 is 0. The minimum atomic E-state index is 0.410. The van der Waals surface area contributed by atoms with Gasteiger partial charge in [-0.25, -0.2) is 0 Å². The van der Waals surface area contributed by atoms with Gasteiger partial charge >= 0.3 is 0 Å². The van der Waals surface area contributed by atoms with Crippen molar-refractivity contribution < 1.29 is 0 Å². The van der Waals surface area contributed by atoms with Gasteiger partial charge in [0.1, 0.15) is 0 Å². The first-order valence-electron chi connectivity index (χ1n) is 5.02. The van der Waals surface area contributed by atoms with Gasteiger partial charge in [0.15, 0.2) is 0 Å². The van der Waals surface area contributed by atoms with Gasteiger partial charge in [0, 0.05) is 5.38 Å². The summed E-state index contributed by atoms with van der Waals surface area (Å²) in [5, 5.41) is 4.86. The highest BCUT2D eigenvalue weighted by Gasteiger charge is 2.19. The third-order valence-corrected chi connectivity index (χ3v) is 3.97. The second-order valence-electron chi connectivity index (χ2n) is 3.87. The molecule has 72 valence electrons. The van der Waals surface area contributed by atoms with Crippen molar-refractivity contribution in [2.24, 2.45) is 0 Å². The van der Waals surface area contributed by atoms with Crippen LogP contribution in [0, 0.1) is 0 Å². The van der Waals surface area contributed by atoms with Crippen LogP contribution in [0.2, 0.25) is 0 Å². The van der Waals surface area contributed by atoms with Gasteiger partial charge in [0.25, 0.3) is 0 Å². The predicted octanol–water partition coefficient (Wildman–Crippen LogP) is 4.40. The Kier molecular flexibility index (Phi) is 3.28. The molecule has 1 aromatic heterocycles. The monoisotopic (exact) mass is 214 g/mol. The van der Waals surface area contributed by atoms with Crippen molar-refractivity contribution in [3.8, 4) is 0 Å². The van der Waals surface area contributed by atoms with E-state index in [0.29, 0.717) is 5.38 Å². The summed E-state index contributed by atoms with van der Waals surface area (Å²) in [5.41, 5.74) is 1.51. The zero-order chi connectivity index (χ0) is 9.10. The fraction of sp³-hybridized carbons (Fsp3) is 0.636. The first-order chi connectivity index (χ1) is 6.36. The van der Waals surface area contributed by atoms with Gasteiger partial charge < -0.3 is 0 Å². The molecule has 2 unspecified atom stereocenters. The number of thiophene rings is 1. The molecular weight excluding hydrogens is 200 g/mol. The molecule has 1 heterocycles. The lowest BCUT2D eigenvalue weighted by Gasteiger charge is -2.14. The Balaban J connectivity index is 2.05. The van der Waals surface area contributed by atoms with E-state index in [1.807, 2.05) is 0 Å². The molecule has 1 aromatic rings. The van der Waals surface area contributed by atoms with E-state index >= 15 is 0 Å². The molecule has 2 rings (SSSR count). The minimum absolute atomic E-state index is 0.410. The van der Waals surface area contributed by atoms with Crippen LogP contribution < -0.4 is 0 Å². The van der Waals surface area contributed by atoms with Crippen LogP contribution in [0.1, 0.15) is 43.6 Å². The molecule has 1 fully saturated rings. The van der Waals surface area contributed by atoms with Crippen molar-refractivity contribution in [3.63, 3.8) is 0 Å². The molecule has 2 atom stereocenters. The van der Waals surface area contributed by atoms with Gasteiger partial charge in [0.05, 0.1) is 0 Å². The van der Waals surface area contributed by atoms with E-state index in [0.717, 1.165) is 5.92 Å². The standard InChI is InChI=1S/C11H15ClS/c12-11-4-2-1-3-9(7-11)10-5-6-13-8-10/h5-6,8-9,11H,1-4,7H2. The molecule has 0 N–H and O–H groups in total. The fourth-order valence-corrected chi connectivity index (χ4v) is 3.22. The predicted molar refractivity (Wildman–Crippen MR) is 59.8 cm³/mol. The van der Waals surface area contributed by atoms with Gasteiger partial charge in [-0.2, -0.15) is 11.3 Å². The van der Waals surface area contributed by atoms with Crippen LogP contribution in [0.25, 0.3) is 0 Å². The summed E-state index contributed by atoms with van der Waals surface area (Å²) in [6.45, 7) is 0. The maximum Gasteiger partial charge on any atom is 0.0341 e. The molecule has 0 aliphatic heterocycles. The van der Waals surface area contributed by atoms with E-state index in [1.165, 1.54) is 37.7 Å². The number of hydrogen-bond acceptors (Lipinski definition) is 1. The summed E-state index contributed by atoms with van der Waals surface area (Å²) in [7, 11) is 0. The Labute approximate surface area is 88.9 Å². The normalized spacial score (nSPS) is 29.9. The van der Waals surface area contributed by atoms with Crippen LogP contribution in [0.4, 0.5) is 0 Å². The van der Waals surface area contributed by atoms with Crippen molar-refractivity contribution in [3.05, 3.63) is 22.4 Å². The van der Waals surface area contributed by atoms with E-state index < -0.39 is 0 Å². The molecule has 0 bridgehead atoms. The fourth-order valence-electron chi connectivity index (χ4n) is 2.11. The largest absolute Gasteiger partial charge is 0.152 e. The number of hydrogen-bond donors (Lipinski definition) is 0. The van der Waals surface area contributed by atoms with Crippen LogP contribution in [-0.4, -0.2) is 5.38 Å². The quantitative estimate of drug-likeness (QED) is 0.480. The topological polar surface area (TPSA) is 0 Å². The Morgan fingerprint density at radius 1 is 1.31 bits per heavy atom. The highest BCUT2D eigenvalue weighted by atomic mass is 35.5. The SMILES string of the molecule is ClC1CCCCC(c2ccsc2)C1. The molecule has 0 amide bonds. The van der Waals surface area contributed by atoms with Gasteiger partial charge in [-0.15, -0.1) is 11.6 Å². The van der Waals surface area contributed by atoms with Crippen molar-refractivity contribution in [1.82, 2.24) is 0 Å². The molecule has 0 nitrogen and oxygen atoms in total. The van der Waals surface area contributed by atoms with E-state index in [-0.39, 0.29) is 0 Å². The first-order valence-corrected chi connectivity index (χ1v) is 6.40.